The van der Waals surface area contributed by atoms with Crippen molar-refractivity contribution in [1.29, 1.82) is 0 Å². The Bertz CT molecular complexity index is 711. The SMILES string of the molecule is COc1cc(NC(=O)c2sccc2C)c(Cl)cc1C(=O)O. The molecule has 0 aliphatic rings. The zero-order valence-corrected chi connectivity index (χ0v) is 12.8. The van der Waals surface area contributed by atoms with Gasteiger partial charge in [0.05, 0.1) is 22.7 Å². The van der Waals surface area contributed by atoms with Crippen molar-refractivity contribution >= 4 is 40.5 Å². The summed E-state index contributed by atoms with van der Waals surface area (Å²) < 4.78 is 5.01. The molecule has 2 rings (SSSR count). The number of aryl methyl sites for hydroxylation is 1. The number of carboxylic acids is 1. The third-order valence-electron chi connectivity index (χ3n) is 2.84. The van der Waals surface area contributed by atoms with Gasteiger partial charge >= 0.3 is 5.97 Å². The second-order valence-corrected chi connectivity index (χ2v) is 5.55. The molecule has 1 aromatic heterocycles. The number of anilines is 1. The summed E-state index contributed by atoms with van der Waals surface area (Å²) in [7, 11) is 1.35. The molecule has 0 aliphatic carbocycles. The average Bonchev–Trinajstić information content (AvgIpc) is 2.86. The zero-order valence-electron chi connectivity index (χ0n) is 11.3. The standard InChI is InChI=1S/C14H12ClNO4S/c1-7-3-4-21-12(7)13(17)16-10-6-11(20-2)8(14(18)19)5-9(10)15/h3-6H,1-2H3,(H,16,17)(H,18,19). The highest BCUT2D eigenvalue weighted by Gasteiger charge is 2.17. The Balaban J connectivity index is 2.35. The molecule has 2 aromatic rings. The number of methoxy groups -OCH3 is 1. The van der Waals surface area contributed by atoms with E-state index in [4.69, 9.17) is 21.4 Å². The van der Waals surface area contributed by atoms with Gasteiger partial charge < -0.3 is 15.2 Å². The number of rotatable bonds is 4. The predicted octanol–water partition coefficient (Wildman–Crippen LogP) is 3.67. The van der Waals surface area contributed by atoms with E-state index in [1.54, 1.807) is 0 Å². The Morgan fingerprint density at radius 1 is 1.38 bits per heavy atom. The average molecular weight is 326 g/mol. The third-order valence-corrected chi connectivity index (χ3v) is 4.16. The molecule has 0 bridgehead atoms. The molecule has 110 valence electrons. The Kier molecular flexibility index (Phi) is 4.50. The maximum atomic E-state index is 12.2. The van der Waals surface area contributed by atoms with Gasteiger partial charge in [-0.25, -0.2) is 4.79 Å². The predicted molar refractivity (Wildman–Crippen MR) is 82.0 cm³/mol. The molecule has 0 radical (unpaired) electrons. The number of benzene rings is 1. The first-order chi connectivity index (χ1) is 9.93. The van der Waals surface area contributed by atoms with Crippen molar-refractivity contribution in [2.24, 2.45) is 0 Å². The van der Waals surface area contributed by atoms with Crippen LogP contribution in [-0.4, -0.2) is 24.1 Å². The summed E-state index contributed by atoms with van der Waals surface area (Å²) >= 11 is 7.34. The number of aromatic carboxylic acids is 1. The number of hydrogen-bond acceptors (Lipinski definition) is 4. The fourth-order valence-corrected chi connectivity index (χ4v) is 2.80. The second-order valence-electron chi connectivity index (χ2n) is 4.22. The van der Waals surface area contributed by atoms with Crippen molar-refractivity contribution in [2.75, 3.05) is 12.4 Å². The van der Waals surface area contributed by atoms with Crippen LogP contribution in [-0.2, 0) is 0 Å². The van der Waals surface area contributed by atoms with Crippen LogP contribution in [0.5, 0.6) is 5.75 Å². The number of hydrogen-bond donors (Lipinski definition) is 2. The van der Waals surface area contributed by atoms with Crippen LogP contribution in [0.1, 0.15) is 25.6 Å². The fourth-order valence-electron chi connectivity index (χ4n) is 1.77. The maximum Gasteiger partial charge on any atom is 0.339 e. The van der Waals surface area contributed by atoms with Crippen LogP contribution in [0.15, 0.2) is 23.6 Å². The lowest BCUT2D eigenvalue weighted by atomic mass is 10.1. The molecule has 0 unspecified atom stereocenters. The highest BCUT2D eigenvalue weighted by molar-refractivity contribution is 7.12. The van der Waals surface area contributed by atoms with Gasteiger partial charge in [-0.2, -0.15) is 0 Å². The molecule has 0 atom stereocenters. The zero-order chi connectivity index (χ0) is 15.6. The first-order valence-corrected chi connectivity index (χ1v) is 7.16. The number of ether oxygens (including phenoxy) is 1. The van der Waals surface area contributed by atoms with E-state index in [0.29, 0.717) is 10.6 Å². The Morgan fingerprint density at radius 3 is 2.62 bits per heavy atom. The molecule has 1 aromatic carbocycles. The summed E-state index contributed by atoms with van der Waals surface area (Å²) in [6.07, 6.45) is 0. The summed E-state index contributed by atoms with van der Waals surface area (Å²) in [4.78, 5) is 23.8. The van der Waals surface area contributed by atoms with Crippen molar-refractivity contribution in [3.63, 3.8) is 0 Å². The number of carbonyl (C=O) groups excluding carboxylic acids is 1. The highest BCUT2D eigenvalue weighted by atomic mass is 35.5. The quantitative estimate of drug-likeness (QED) is 0.899. The number of carbonyl (C=O) groups is 2. The van der Waals surface area contributed by atoms with E-state index in [0.717, 1.165) is 5.56 Å². The van der Waals surface area contributed by atoms with Crippen LogP contribution in [0.3, 0.4) is 0 Å². The first kappa shape index (κ1) is 15.3. The van der Waals surface area contributed by atoms with Crippen molar-refractivity contribution in [3.05, 3.63) is 44.6 Å². The molecule has 0 saturated heterocycles. The van der Waals surface area contributed by atoms with Gasteiger partial charge in [0.2, 0.25) is 0 Å². The largest absolute Gasteiger partial charge is 0.496 e. The molecule has 21 heavy (non-hydrogen) atoms. The van der Waals surface area contributed by atoms with Crippen molar-refractivity contribution in [2.45, 2.75) is 6.92 Å². The van der Waals surface area contributed by atoms with Gasteiger partial charge in [-0.15, -0.1) is 11.3 Å². The molecule has 7 heteroatoms. The molecule has 0 fully saturated rings. The topological polar surface area (TPSA) is 75.6 Å². The van der Waals surface area contributed by atoms with Gasteiger partial charge in [0.1, 0.15) is 11.3 Å². The second kappa shape index (κ2) is 6.15. The van der Waals surface area contributed by atoms with E-state index >= 15 is 0 Å². The lowest BCUT2D eigenvalue weighted by Gasteiger charge is -2.11. The van der Waals surface area contributed by atoms with Gasteiger partial charge in [0, 0.05) is 6.07 Å². The van der Waals surface area contributed by atoms with E-state index in [1.165, 1.54) is 30.6 Å². The Morgan fingerprint density at radius 2 is 2.10 bits per heavy atom. The highest BCUT2D eigenvalue weighted by Crippen LogP contribution is 2.31. The van der Waals surface area contributed by atoms with Gasteiger partial charge in [-0.1, -0.05) is 11.6 Å². The normalized spacial score (nSPS) is 10.2. The van der Waals surface area contributed by atoms with Crippen molar-refractivity contribution in [3.8, 4) is 5.75 Å². The number of halogens is 1. The van der Waals surface area contributed by atoms with Crippen LogP contribution in [0.4, 0.5) is 5.69 Å². The fraction of sp³-hybridized carbons (Fsp3) is 0.143. The molecule has 0 aliphatic heterocycles. The molecule has 2 N–H and O–H groups in total. The lowest BCUT2D eigenvalue weighted by Crippen LogP contribution is -2.12. The summed E-state index contributed by atoms with van der Waals surface area (Å²) in [6.45, 7) is 1.83. The summed E-state index contributed by atoms with van der Waals surface area (Å²) in [6, 6.07) is 4.49. The van der Waals surface area contributed by atoms with Crippen LogP contribution in [0, 0.1) is 6.92 Å². The van der Waals surface area contributed by atoms with Crippen LogP contribution < -0.4 is 10.1 Å². The van der Waals surface area contributed by atoms with Gasteiger partial charge in [-0.05, 0) is 30.0 Å². The summed E-state index contributed by atoms with van der Waals surface area (Å²) in [5.41, 5.74) is 1.10. The van der Waals surface area contributed by atoms with Gasteiger partial charge in [0.15, 0.2) is 0 Å². The minimum atomic E-state index is -1.15. The van der Waals surface area contributed by atoms with Crippen LogP contribution in [0.2, 0.25) is 5.02 Å². The Hall–Kier alpha value is -2.05. The molecular weight excluding hydrogens is 314 g/mol. The Labute approximate surface area is 130 Å². The monoisotopic (exact) mass is 325 g/mol. The van der Waals surface area contributed by atoms with Crippen molar-refractivity contribution < 1.29 is 19.4 Å². The minimum Gasteiger partial charge on any atom is -0.496 e. The molecule has 5 nitrogen and oxygen atoms in total. The first-order valence-electron chi connectivity index (χ1n) is 5.90. The number of amides is 1. The van der Waals surface area contributed by atoms with Crippen LogP contribution in [0.25, 0.3) is 0 Å². The maximum absolute atomic E-state index is 12.2. The van der Waals surface area contributed by atoms with E-state index in [-0.39, 0.29) is 22.2 Å². The summed E-state index contributed by atoms with van der Waals surface area (Å²) in [5, 5.41) is 13.7. The number of nitrogens with one attached hydrogen (secondary N) is 1. The summed E-state index contributed by atoms with van der Waals surface area (Å²) in [5.74, 6) is -1.32. The van der Waals surface area contributed by atoms with E-state index in [2.05, 4.69) is 5.32 Å². The molecule has 1 amide bonds. The molecule has 1 heterocycles. The molecule has 0 spiro atoms. The van der Waals surface area contributed by atoms with Crippen LogP contribution >= 0.6 is 22.9 Å². The van der Waals surface area contributed by atoms with E-state index in [1.807, 2.05) is 18.4 Å². The van der Waals surface area contributed by atoms with E-state index < -0.39 is 5.97 Å². The number of thiophene rings is 1. The molecule has 0 saturated carbocycles. The lowest BCUT2D eigenvalue weighted by molar-refractivity contribution is 0.0693. The third kappa shape index (κ3) is 3.17. The van der Waals surface area contributed by atoms with Gasteiger partial charge in [-0.3, -0.25) is 4.79 Å². The van der Waals surface area contributed by atoms with Crippen molar-refractivity contribution in [1.82, 2.24) is 0 Å². The minimum absolute atomic E-state index is 0.0622. The molecular formula is C14H12ClNO4S. The number of carboxylic acid groups (broad SMARTS) is 1. The van der Waals surface area contributed by atoms with Gasteiger partial charge in [0.25, 0.3) is 5.91 Å². The smallest absolute Gasteiger partial charge is 0.339 e. The van der Waals surface area contributed by atoms with E-state index in [9.17, 15) is 9.59 Å².